The molecule has 1 aliphatic carbocycles. The van der Waals surface area contributed by atoms with Crippen molar-refractivity contribution >= 4 is 23.2 Å². The SMILES string of the molecule is CCCCc1ccc(NC(=O)CCc2ccc(CC3=C(C)C(=O)C(OC)=C(OC)C3=O)cc2)cc1. The summed E-state index contributed by atoms with van der Waals surface area (Å²) in [6.45, 7) is 3.81. The van der Waals surface area contributed by atoms with Gasteiger partial charge in [-0.3, -0.25) is 14.4 Å². The van der Waals surface area contributed by atoms with E-state index in [9.17, 15) is 14.4 Å². The second-order valence-corrected chi connectivity index (χ2v) is 8.67. The first-order valence-electron chi connectivity index (χ1n) is 12.0. The number of methoxy groups -OCH3 is 2. The normalized spacial score (nSPS) is 13.8. The number of nitrogens with one attached hydrogen (secondary N) is 1. The lowest BCUT2D eigenvalue weighted by Crippen LogP contribution is -2.26. The second-order valence-electron chi connectivity index (χ2n) is 8.67. The number of anilines is 1. The highest BCUT2D eigenvalue weighted by Crippen LogP contribution is 2.28. The summed E-state index contributed by atoms with van der Waals surface area (Å²) in [7, 11) is 2.70. The van der Waals surface area contributed by atoms with Crippen LogP contribution in [-0.4, -0.2) is 31.7 Å². The Hall–Kier alpha value is -3.67. The van der Waals surface area contributed by atoms with Crippen LogP contribution in [0.4, 0.5) is 5.69 Å². The molecule has 6 heteroatoms. The highest BCUT2D eigenvalue weighted by atomic mass is 16.5. The largest absolute Gasteiger partial charge is 0.489 e. The van der Waals surface area contributed by atoms with Gasteiger partial charge in [0.15, 0.2) is 0 Å². The second kappa shape index (κ2) is 12.2. The summed E-state index contributed by atoms with van der Waals surface area (Å²) < 4.78 is 10.2. The molecule has 184 valence electrons. The van der Waals surface area contributed by atoms with Crippen molar-refractivity contribution in [3.63, 3.8) is 0 Å². The third-order valence-electron chi connectivity index (χ3n) is 6.20. The number of carbonyl (C=O) groups is 3. The first kappa shape index (κ1) is 25.9. The van der Waals surface area contributed by atoms with E-state index in [0.29, 0.717) is 30.4 Å². The van der Waals surface area contributed by atoms with Gasteiger partial charge in [-0.05, 0) is 55.0 Å². The lowest BCUT2D eigenvalue weighted by atomic mass is 9.88. The van der Waals surface area contributed by atoms with Crippen molar-refractivity contribution in [1.29, 1.82) is 0 Å². The Balaban J connectivity index is 1.56. The van der Waals surface area contributed by atoms with Crippen molar-refractivity contribution in [3.05, 3.63) is 87.9 Å². The van der Waals surface area contributed by atoms with Crippen LogP contribution < -0.4 is 5.32 Å². The summed E-state index contributed by atoms with van der Waals surface area (Å²) in [5.41, 5.74) is 4.78. The standard InChI is InChI=1S/C29H33NO5/c1-5-6-7-20-12-15-23(16-13-20)30-25(31)17-14-21-8-10-22(11-9-21)18-24-19(2)26(32)28(34-3)29(35-4)27(24)33/h8-13,15-16H,5-7,14,17-18H2,1-4H3,(H,30,31). The third-order valence-corrected chi connectivity index (χ3v) is 6.20. The molecular weight excluding hydrogens is 442 g/mol. The molecule has 1 amide bonds. The van der Waals surface area contributed by atoms with Crippen LogP contribution in [-0.2, 0) is 43.1 Å². The molecule has 0 radical (unpaired) electrons. The lowest BCUT2D eigenvalue weighted by molar-refractivity contribution is -0.121. The van der Waals surface area contributed by atoms with Crippen LogP contribution in [0.5, 0.6) is 0 Å². The van der Waals surface area contributed by atoms with Crippen molar-refractivity contribution in [3.8, 4) is 0 Å². The average Bonchev–Trinajstić information content (AvgIpc) is 2.87. The molecular formula is C29H33NO5. The zero-order valence-electron chi connectivity index (χ0n) is 20.9. The Bertz CT molecular complexity index is 1140. The highest BCUT2D eigenvalue weighted by molar-refractivity contribution is 6.23. The summed E-state index contributed by atoms with van der Waals surface area (Å²) >= 11 is 0. The molecule has 2 aromatic rings. The molecule has 0 bridgehead atoms. The monoisotopic (exact) mass is 475 g/mol. The average molecular weight is 476 g/mol. The van der Waals surface area contributed by atoms with Crippen molar-refractivity contribution in [2.24, 2.45) is 0 Å². The van der Waals surface area contributed by atoms with Crippen LogP contribution in [0.25, 0.3) is 0 Å². The Kier molecular flexibility index (Phi) is 9.01. The fraction of sp³-hybridized carbons (Fsp3) is 0.345. The molecule has 0 spiro atoms. The highest BCUT2D eigenvalue weighted by Gasteiger charge is 2.34. The number of aryl methyl sites for hydroxylation is 2. The number of allylic oxidation sites excluding steroid dienone is 2. The summed E-state index contributed by atoms with van der Waals surface area (Å²) in [5.74, 6) is -0.816. The maximum atomic E-state index is 12.8. The molecule has 2 aromatic carbocycles. The fourth-order valence-electron chi connectivity index (χ4n) is 4.05. The van der Waals surface area contributed by atoms with Gasteiger partial charge in [-0.25, -0.2) is 0 Å². The zero-order chi connectivity index (χ0) is 25.4. The van der Waals surface area contributed by atoms with Gasteiger partial charge in [-0.1, -0.05) is 49.7 Å². The van der Waals surface area contributed by atoms with Crippen molar-refractivity contribution in [2.45, 2.75) is 52.4 Å². The number of Topliss-reactive ketones (excluding diaryl/α,β-unsaturated/α-hetero) is 2. The van der Waals surface area contributed by atoms with E-state index in [2.05, 4.69) is 24.4 Å². The Labute approximate surface area is 207 Å². The third kappa shape index (κ3) is 6.47. The van der Waals surface area contributed by atoms with Crippen LogP contribution in [0.15, 0.2) is 71.2 Å². The fourth-order valence-corrected chi connectivity index (χ4v) is 4.05. The van der Waals surface area contributed by atoms with E-state index < -0.39 is 0 Å². The number of amides is 1. The van der Waals surface area contributed by atoms with Gasteiger partial charge in [0.1, 0.15) is 0 Å². The topological polar surface area (TPSA) is 81.7 Å². The molecule has 6 nitrogen and oxygen atoms in total. The minimum absolute atomic E-state index is 0.0321. The molecule has 0 fully saturated rings. The number of hydrogen-bond acceptors (Lipinski definition) is 5. The molecule has 0 aromatic heterocycles. The zero-order valence-corrected chi connectivity index (χ0v) is 20.9. The minimum Gasteiger partial charge on any atom is -0.489 e. The van der Waals surface area contributed by atoms with Gasteiger partial charge in [-0.15, -0.1) is 0 Å². The lowest BCUT2D eigenvalue weighted by Gasteiger charge is -2.20. The number of hydrogen-bond donors (Lipinski definition) is 1. The number of carbonyl (C=O) groups excluding carboxylic acids is 3. The van der Waals surface area contributed by atoms with Gasteiger partial charge in [0.25, 0.3) is 0 Å². The van der Waals surface area contributed by atoms with E-state index in [1.807, 2.05) is 36.4 Å². The maximum absolute atomic E-state index is 12.8. The first-order valence-corrected chi connectivity index (χ1v) is 12.0. The molecule has 0 saturated heterocycles. The van der Waals surface area contributed by atoms with Crippen LogP contribution in [0.1, 0.15) is 49.8 Å². The molecule has 0 aliphatic heterocycles. The van der Waals surface area contributed by atoms with Gasteiger partial charge < -0.3 is 14.8 Å². The maximum Gasteiger partial charge on any atom is 0.228 e. The number of rotatable bonds is 11. The van der Waals surface area contributed by atoms with E-state index in [0.717, 1.165) is 36.1 Å². The molecule has 3 rings (SSSR count). The predicted molar refractivity (Wildman–Crippen MR) is 136 cm³/mol. The molecule has 0 atom stereocenters. The van der Waals surface area contributed by atoms with E-state index in [4.69, 9.17) is 9.47 Å². The van der Waals surface area contributed by atoms with Crippen LogP contribution in [0.2, 0.25) is 0 Å². The predicted octanol–water partition coefficient (Wildman–Crippen LogP) is 5.12. The van der Waals surface area contributed by atoms with Gasteiger partial charge in [-0.2, -0.15) is 0 Å². The summed E-state index contributed by atoms with van der Waals surface area (Å²) in [6.07, 6.45) is 4.67. The smallest absolute Gasteiger partial charge is 0.228 e. The van der Waals surface area contributed by atoms with E-state index in [1.54, 1.807) is 6.92 Å². The van der Waals surface area contributed by atoms with Gasteiger partial charge in [0.05, 0.1) is 14.2 Å². The van der Waals surface area contributed by atoms with Crippen molar-refractivity contribution < 1.29 is 23.9 Å². The number of benzene rings is 2. The molecule has 1 aliphatic rings. The summed E-state index contributed by atoms with van der Waals surface area (Å²) in [6, 6.07) is 15.8. The first-order chi connectivity index (χ1) is 16.9. The van der Waals surface area contributed by atoms with Crippen molar-refractivity contribution in [2.75, 3.05) is 19.5 Å². The summed E-state index contributed by atoms with van der Waals surface area (Å²) in [5, 5.41) is 2.95. The number of unbranched alkanes of at least 4 members (excludes halogenated alkanes) is 1. The van der Waals surface area contributed by atoms with E-state index in [1.165, 1.54) is 19.8 Å². The molecule has 0 saturated carbocycles. The number of ketones is 2. The molecule has 0 unspecified atom stereocenters. The van der Waals surface area contributed by atoms with Crippen LogP contribution >= 0.6 is 0 Å². The van der Waals surface area contributed by atoms with Gasteiger partial charge >= 0.3 is 0 Å². The Morgan fingerprint density at radius 1 is 0.800 bits per heavy atom. The van der Waals surface area contributed by atoms with E-state index in [-0.39, 0.29) is 29.0 Å². The number of ether oxygens (including phenoxy) is 2. The molecule has 35 heavy (non-hydrogen) atoms. The molecule has 1 N–H and O–H groups in total. The minimum atomic E-state index is -0.336. The summed E-state index contributed by atoms with van der Waals surface area (Å²) in [4.78, 5) is 37.8. The van der Waals surface area contributed by atoms with Crippen LogP contribution in [0.3, 0.4) is 0 Å². The van der Waals surface area contributed by atoms with Crippen LogP contribution in [0, 0.1) is 0 Å². The van der Waals surface area contributed by atoms with Crippen molar-refractivity contribution in [1.82, 2.24) is 0 Å². The quantitative estimate of drug-likeness (QED) is 0.457. The Morgan fingerprint density at radius 2 is 1.34 bits per heavy atom. The molecule has 0 heterocycles. The Morgan fingerprint density at radius 3 is 1.94 bits per heavy atom. The van der Waals surface area contributed by atoms with E-state index >= 15 is 0 Å². The van der Waals surface area contributed by atoms with Gasteiger partial charge in [0, 0.05) is 29.7 Å². The van der Waals surface area contributed by atoms with Gasteiger partial charge in [0.2, 0.25) is 29.0 Å².